The second-order valence-electron chi connectivity index (χ2n) is 13.4. The van der Waals surface area contributed by atoms with Crippen LogP contribution in [0.2, 0.25) is 0 Å². The summed E-state index contributed by atoms with van der Waals surface area (Å²) in [5, 5.41) is 26.3. The molecule has 48 heavy (non-hydrogen) atoms. The van der Waals surface area contributed by atoms with E-state index in [4.69, 9.17) is 4.74 Å². The van der Waals surface area contributed by atoms with Crippen molar-refractivity contribution in [3.8, 4) is 17.0 Å². The lowest BCUT2D eigenvalue weighted by Gasteiger charge is -2.32. The van der Waals surface area contributed by atoms with Gasteiger partial charge < -0.3 is 30.5 Å². The summed E-state index contributed by atoms with van der Waals surface area (Å²) >= 11 is 0. The predicted octanol–water partition coefficient (Wildman–Crippen LogP) is 3.72. The van der Waals surface area contributed by atoms with Crippen molar-refractivity contribution in [3.63, 3.8) is 0 Å². The Balaban J connectivity index is 1.36. The number of amides is 3. The van der Waals surface area contributed by atoms with Gasteiger partial charge in [-0.2, -0.15) is 13.2 Å². The number of aromatic nitrogens is 1. The minimum Gasteiger partial charge on any atom is -0.489 e. The Kier molecular flexibility index (Phi) is 8.02. The molecule has 0 unspecified atom stereocenters. The number of ether oxygens (including phenoxy) is 1. The molecule has 0 saturated heterocycles. The molecule has 2 aromatic carbocycles. The molecule has 1 saturated carbocycles. The highest BCUT2D eigenvalue weighted by atomic mass is 19.4. The summed E-state index contributed by atoms with van der Waals surface area (Å²) in [6.45, 7) is 2.83. The van der Waals surface area contributed by atoms with Crippen LogP contribution in [0.5, 0.6) is 5.75 Å². The van der Waals surface area contributed by atoms with Gasteiger partial charge in [-0.25, -0.2) is 9.37 Å². The predicted molar refractivity (Wildman–Crippen MR) is 163 cm³/mol. The van der Waals surface area contributed by atoms with Gasteiger partial charge in [0.1, 0.15) is 29.3 Å². The summed E-state index contributed by atoms with van der Waals surface area (Å²) in [5.41, 5.74) is -6.62. The maximum Gasteiger partial charge on any atom is 0.424 e. The molecule has 0 radical (unpaired) electrons. The van der Waals surface area contributed by atoms with Crippen molar-refractivity contribution in [2.24, 2.45) is 0 Å². The number of carbonyl (C=O) groups is 3. The first-order valence-electron chi connectivity index (χ1n) is 15.4. The number of nitrogens with zero attached hydrogens (tertiary/aromatic N) is 2. The number of benzene rings is 2. The van der Waals surface area contributed by atoms with Crippen LogP contribution < -0.4 is 15.4 Å². The number of halogens is 4. The number of aliphatic hydroxyl groups is 2. The molecule has 4 N–H and O–H groups in total. The van der Waals surface area contributed by atoms with E-state index in [0.717, 1.165) is 31.0 Å². The van der Waals surface area contributed by atoms with Crippen LogP contribution in [0.1, 0.15) is 71.1 Å². The monoisotopic (exact) mass is 670 g/mol. The Morgan fingerprint density at radius 1 is 1.04 bits per heavy atom. The molecule has 1 aliphatic carbocycles. The highest BCUT2D eigenvalue weighted by molar-refractivity contribution is 6.01. The third-order valence-electron chi connectivity index (χ3n) is 8.96. The van der Waals surface area contributed by atoms with Crippen LogP contribution in [0.3, 0.4) is 0 Å². The molecule has 3 aromatic rings. The first-order chi connectivity index (χ1) is 22.4. The Morgan fingerprint density at radius 3 is 2.35 bits per heavy atom. The van der Waals surface area contributed by atoms with Gasteiger partial charge in [0.05, 0.1) is 17.8 Å². The summed E-state index contributed by atoms with van der Waals surface area (Å²) in [5.74, 6) is -2.39. The van der Waals surface area contributed by atoms with Gasteiger partial charge in [0.2, 0.25) is 11.5 Å². The maximum atomic E-state index is 14.9. The molecule has 1 aromatic heterocycles. The van der Waals surface area contributed by atoms with Crippen LogP contribution in [-0.4, -0.2) is 75.3 Å². The molecular weight excluding hydrogens is 636 g/mol. The van der Waals surface area contributed by atoms with Crippen molar-refractivity contribution < 1.29 is 46.9 Å². The third-order valence-corrected chi connectivity index (χ3v) is 8.96. The smallest absolute Gasteiger partial charge is 0.424 e. The number of rotatable bonds is 9. The van der Waals surface area contributed by atoms with E-state index in [2.05, 4.69) is 15.6 Å². The van der Waals surface area contributed by atoms with Crippen LogP contribution in [0, 0.1) is 5.82 Å². The van der Waals surface area contributed by atoms with Gasteiger partial charge in [0, 0.05) is 41.4 Å². The van der Waals surface area contributed by atoms with E-state index in [-0.39, 0.29) is 53.2 Å². The number of pyridine rings is 1. The minimum atomic E-state index is -5.38. The van der Waals surface area contributed by atoms with Crippen molar-refractivity contribution in [1.29, 1.82) is 0 Å². The number of fused-ring (bicyclic) bond motifs is 2. The number of nitrogens with one attached hydrogen (secondary N) is 2. The van der Waals surface area contributed by atoms with Crippen molar-refractivity contribution in [1.82, 2.24) is 20.5 Å². The molecule has 2 atom stereocenters. The molecule has 3 aliphatic rings. The van der Waals surface area contributed by atoms with E-state index in [0.29, 0.717) is 17.7 Å². The van der Waals surface area contributed by atoms with E-state index < -0.39 is 52.7 Å². The Morgan fingerprint density at radius 2 is 1.73 bits per heavy atom. The van der Waals surface area contributed by atoms with Crippen molar-refractivity contribution >= 4 is 17.7 Å². The van der Waals surface area contributed by atoms with Gasteiger partial charge >= 0.3 is 6.18 Å². The van der Waals surface area contributed by atoms with Gasteiger partial charge in [0.15, 0.2) is 0 Å². The van der Waals surface area contributed by atoms with E-state index in [9.17, 15) is 42.2 Å². The average Bonchev–Trinajstić information content (AvgIpc) is 3.74. The van der Waals surface area contributed by atoms with Gasteiger partial charge in [-0.1, -0.05) is 0 Å². The van der Waals surface area contributed by atoms with Gasteiger partial charge in [-0.15, -0.1) is 0 Å². The number of hydrogen-bond acceptors (Lipinski definition) is 7. The first-order valence-corrected chi connectivity index (χ1v) is 15.4. The minimum absolute atomic E-state index is 0.00193. The fourth-order valence-electron chi connectivity index (χ4n) is 5.89. The maximum absolute atomic E-state index is 14.9. The van der Waals surface area contributed by atoms with E-state index in [1.54, 1.807) is 4.90 Å². The highest BCUT2D eigenvalue weighted by Crippen LogP contribution is 2.48. The van der Waals surface area contributed by atoms with Crippen LogP contribution in [0.15, 0.2) is 48.5 Å². The van der Waals surface area contributed by atoms with Gasteiger partial charge in [0.25, 0.3) is 11.8 Å². The molecular formula is C34H34F4N4O6. The summed E-state index contributed by atoms with van der Waals surface area (Å²) in [6, 6.07) is 10.0. The highest BCUT2D eigenvalue weighted by Gasteiger charge is 2.58. The molecule has 3 amide bonds. The zero-order valence-corrected chi connectivity index (χ0v) is 26.4. The first kappa shape index (κ1) is 33.3. The Labute approximate surface area is 273 Å². The molecule has 6 rings (SSSR count). The van der Waals surface area contributed by atoms with Crippen LogP contribution in [0.25, 0.3) is 11.3 Å². The molecule has 254 valence electrons. The third kappa shape index (κ3) is 5.98. The normalized spacial score (nSPS) is 20.1. The van der Waals surface area contributed by atoms with E-state index in [1.807, 2.05) is 0 Å². The molecule has 2 aliphatic heterocycles. The summed E-state index contributed by atoms with van der Waals surface area (Å²) in [6.07, 6.45) is -3.60. The lowest BCUT2D eigenvalue weighted by Crippen LogP contribution is -2.52. The van der Waals surface area contributed by atoms with Crippen molar-refractivity contribution in [2.75, 3.05) is 19.7 Å². The van der Waals surface area contributed by atoms with Crippen LogP contribution in [0.4, 0.5) is 17.6 Å². The second-order valence-corrected chi connectivity index (χ2v) is 13.4. The molecule has 1 fully saturated rings. The summed E-state index contributed by atoms with van der Waals surface area (Å²) in [7, 11) is 0. The Hall–Kier alpha value is -4.56. The number of hydrogen-bond donors (Lipinski definition) is 4. The quantitative estimate of drug-likeness (QED) is 0.255. The molecule has 14 heteroatoms. The van der Waals surface area contributed by atoms with Crippen LogP contribution >= 0.6 is 0 Å². The molecule has 10 nitrogen and oxygen atoms in total. The number of carbonyl (C=O) groups excluding carboxylic acids is 3. The lowest BCUT2D eigenvalue weighted by molar-refractivity contribution is -0.265. The van der Waals surface area contributed by atoms with E-state index in [1.165, 1.54) is 51.1 Å². The molecule has 0 bridgehead atoms. The fraction of sp³-hybridized carbons (Fsp3) is 0.412. The molecule has 0 spiro atoms. The van der Waals surface area contributed by atoms with Gasteiger partial charge in [-0.05, 0) is 87.7 Å². The SMILES string of the molecule is CC(C)(O)CNC(=O)[C@@]1(C)COc2c1cc([C@@](O)(CNC(=O)c1ccc3c(c1)CN(C1CC1)C3=O)C(F)(F)F)nc2-c1ccc(F)cc1. The summed E-state index contributed by atoms with van der Waals surface area (Å²) in [4.78, 5) is 45.1. The lowest BCUT2D eigenvalue weighted by atomic mass is 9.81. The zero-order valence-electron chi connectivity index (χ0n) is 26.4. The second kappa shape index (κ2) is 11.5. The summed E-state index contributed by atoms with van der Waals surface area (Å²) < 4.78 is 64.2. The fourth-order valence-corrected chi connectivity index (χ4v) is 5.89. The topological polar surface area (TPSA) is 141 Å². The largest absolute Gasteiger partial charge is 0.489 e. The average molecular weight is 671 g/mol. The molecule has 3 heterocycles. The van der Waals surface area contributed by atoms with Crippen molar-refractivity contribution in [2.45, 2.75) is 69.0 Å². The van der Waals surface area contributed by atoms with Crippen molar-refractivity contribution in [3.05, 3.63) is 82.3 Å². The standard InChI is InChI=1S/C34H34F4N4O6/c1-31(2,46)15-40-30(45)32(3)17-48-27-24(32)13-25(41-26(27)18-4-7-21(35)8-5-18)33(47,34(36,37)38)16-39-28(43)19-6-11-23-20(12-19)14-42(29(23)44)22-9-10-22/h4-8,11-13,22,46-47H,9-10,14-17H2,1-3H3,(H,39,43)(H,40,45)/t32-,33-/m0/s1. The van der Waals surface area contributed by atoms with E-state index >= 15 is 0 Å². The Bertz CT molecular complexity index is 1800. The zero-order chi connectivity index (χ0) is 34.8. The van der Waals surface area contributed by atoms with Gasteiger partial charge in [-0.3, -0.25) is 14.4 Å². The number of alkyl halides is 3. The van der Waals surface area contributed by atoms with Crippen LogP contribution in [-0.2, 0) is 22.4 Å².